The highest BCUT2D eigenvalue weighted by Gasteiger charge is 2.21. The lowest BCUT2D eigenvalue weighted by Gasteiger charge is -2.31. The van der Waals surface area contributed by atoms with Crippen LogP contribution in [0.25, 0.3) is 0 Å². The number of piperidine rings is 1. The van der Waals surface area contributed by atoms with Crippen LogP contribution in [0.3, 0.4) is 0 Å². The van der Waals surface area contributed by atoms with Crippen molar-refractivity contribution in [3.05, 3.63) is 42.3 Å². The lowest BCUT2D eigenvalue weighted by molar-refractivity contribution is 0.208. The SMILES string of the molecule is OC[C@H]1CCCN(c2nccc(Oc3ccc(F)cc3)n2)C1. The van der Waals surface area contributed by atoms with E-state index in [1.165, 1.54) is 12.1 Å². The Hall–Kier alpha value is -2.21. The van der Waals surface area contributed by atoms with E-state index >= 15 is 0 Å². The molecule has 1 saturated heterocycles. The van der Waals surface area contributed by atoms with Crippen LogP contribution in [0.4, 0.5) is 10.3 Å². The maximum atomic E-state index is 12.9. The van der Waals surface area contributed by atoms with Crippen LogP contribution < -0.4 is 9.64 Å². The second-order valence-electron chi connectivity index (χ2n) is 5.39. The number of benzene rings is 1. The predicted molar refractivity (Wildman–Crippen MR) is 80.5 cm³/mol. The Morgan fingerprint density at radius 1 is 1.27 bits per heavy atom. The van der Waals surface area contributed by atoms with Crippen LogP contribution in [0.5, 0.6) is 11.6 Å². The minimum absolute atomic E-state index is 0.183. The summed E-state index contributed by atoms with van der Waals surface area (Å²) < 4.78 is 18.5. The normalized spacial score (nSPS) is 18.3. The molecule has 0 spiro atoms. The third-order valence-corrected chi connectivity index (χ3v) is 3.71. The van der Waals surface area contributed by atoms with Gasteiger partial charge in [0.1, 0.15) is 11.6 Å². The van der Waals surface area contributed by atoms with Crippen molar-refractivity contribution in [1.82, 2.24) is 9.97 Å². The topological polar surface area (TPSA) is 58.5 Å². The molecule has 0 unspecified atom stereocenters. The monoisotopic (exact) mass is 303 g/mol. The van der Waals surface area contributed by atoms with Gasteiger partial charge in [0.05, 0.1) is 0 Å². The van der Waals surface area contributed by atoms with Gasteiger partial charge in [-0.3, -0.25) is 0 Å². The van der Waals surface area contributed by atoms with Crippen LogP contribution >= 0.6 is 0 Å². The molecule has 1 fully saturated rings. The smallest absolute Gasteiger partial charge is 0.228 e. The fourth-order valence-corrected chi connectivity index (χ4v) is 2.56. The summed E-state index contributed by atoms with van der Waals surface area (Å²) in [5, 5.41) is 9.30. The molecule has 1 aromatic carbocycles. The van der Waals surface area contributed by atoms with E-state index in [0.717, 1.165) is 25.9 Å². The molecule has 2 heterocycles. The van der Waals surface area contributed by atoms with Gasteiger partial charge in [-0.15, -0.1) is 0 Å². The van der Waals surface area contributed by atoms with Crippen molar-refractivity contribution in [3.63, 3.8) is 0 Å². The molecule has 22 heavy (non-hydrogen) atoms. The molecular weight excluding hydrogens is 285 g/mol. The van der Waals surface area contributed by atoms with Crippen LogP contribution in [-0.2, 0) is 0 Å². The van der Waals surface area contributed by atoms with Gasteiger partial charge < -0.3 is 14.7 Å². The minimum atomic E-state index is -0.306. The van der Waals surface area contributed by atoms with Crippen molar-refractivity contribution in [2.45, 2.75) is 12.8 Å². The van der Waals surface area contributed by atoms with Gasteiger partial charge in [-0.05, 0) is 43.0 Å². The Bertz CT molecular complexity index is 621. The summed E-state index contributed by atoms with van der Waals surface area (Å²) in [5.74, 6) is 1.50. The van der Waals surface area contributed by atoms with Crippen molar-refractivity contribution in [2.24, 2.45) is 5.92 Å². The van der Waals surface area contributed by atoms with Gasteiger partial charge in [-0.25, -0.2) is 9.37 Å². The molecule has 0 aliphatic carbocycles. The minimum Gasteiger partial charge on any atom is -0.439 e. The number of hydrogen-bond acceptors (Lipinski definition) is 5. The second kappa shape index (κ2) is 6.70. The van der Waals surface area contributed by atoms with E-state index < -0.39 is 0 Å². The van der Waals surface area contributed by atoms with E-state index in [1.54, 1.807) is 24.4 Å². The maximum Gasteiger partial charge on any atom is 0.228 e. The molecule has 1 aliphatic rings. The Morgan fingerprint density at radius 3 is 2.86 bits per heavy atom. The summed E-state index contributed by atoms with van der Waals surface area (Å²) in [6.45, 7) is 1.80. The maximum absolute atomic E-state index is 12.9. The highest BCUT2D eigenvalue weighted by molar-refractivity contribution is 5.34. The van der Waals surface area contributed by atoms with E-state index in [4.69, 9.17) is 4.74 Å². The quantitative estimate of drug-likeness (QED) is 0.941. The first kappa shape index (κ1) is 14.7. The highest BCUT2D eigenvalue weighted by atomic mass is 19.1. The number of nitrogens with zero attached hydrogens (tertiary/aromatic N) is 3. The Labute approximate surface area is 128 Å². The Kier molecular flexibility index (Phi) is 4.48. The van der Waals surface area contributed by atoms with Crippen molar-refractivity contribution in [2.75, 3.05) is 24.6 Å². The molecule has 5 nitrogen and oxygen atoms in total. The van der Waals surface area contributed by atoms with Crippen LogP contribution in [0.1, 0.15) is 12.8 Å². The van der Waals surface area contributed by atoms with Gasteiger partial charge in [0.2, 0.25) is 11.8 Å². The molecule has 1 atom stereocenters. The molecule has 6 heteroatoms. The Morgan fingerprint density at radius 2 is 2.09 bits per heavy atom. The van der Waals surface area contributed by atoms with E-state index in [1.807, 2.05) is 0 Å². The zero-order valence-corrected chi connectivity index (χ0v) is 12.2. The van der Waals surface area contributed by atoms with Crippen molar-refractivity contribution >= 4 is 5.95 Å². The summed E-state index contributed by atoms with van der Waals surface area (Å²) in [6, 6.07) is 7.46. The number of rotatable bonds is 4. The molecule has 0 radical (unpaired) electrons. The molecule has 116 valence electrons. The fraction of sp³-hybridized carbons (Fsp3) is 0.375. The molecule has 0 saturated carbocycles. The van der Waals surface area contributed by atoms with E-state index in [-0.39, 0.29) is 18.3 Å². The molecule has 1 aromatic heterocycles. The Balaban J connectivity index is 1.73. The summed E-state index contributed by atoms with van der Waals surface area (Å²) in [6.07, 6.45) is 3.68. The first-order valence-electron chi connectivity index (χ1n) is 7.37. The molecule has 3 rings (SSSR count). The van der Waals surface area contributed by atoms with Crippen molar-refractivity contribution in [3.8, 4) is 11.6 Å². The summed E-state index contributed by atoms with van der Waals surface area (Å²) >= 11 is 0. The third-order valence-electron chi connectivity index (χ3n) is 3.71. The van der Waals surface area contributed by atoms with Gasteiger partial charge in [0.15, 0.2) is 0 Å². The first-order valence-corrected chi connectivity index (χ1v) is 7.37. The summed E-state index contributed by atoms with van der Waals surface area (Å²) in [7, 11) is 0. The number of anilines is 1. The first-order chi connectivity index (χ1) is 10.7. The summed E-state index contributed by atoms with van der Waals surface area (Å²) in [5.41, 5.74) is 0. The number of aliphatic hydroxyl groups excluding tert-OH is 1. The number of halogens is 1. The standard InChI is InChI=1S/C16H18FN3O2/c17-13-3-5-14(6-4-13)22-15-7-8-18-16(19-15)20-9-1-2-12(10-20)11-21/h3-8,12,21H,1-2,9-11H2/t12-/m0/s1. The summed E-state index contributed by atoms with van der Waals surface area (Å²) in [4.78, 5) is 10.7. The molecule has 0 amide bonds. The third kappa shape index (κ3) is 3.51. The van der Waals surface area contributed by atoms with E-state index in [0.29, 0.717) is 17.6 Å². The van der Waals surface area contributed by atoms with Crippen LogP contribution in [0, 0.1) is 11.7 Å². The number of hydrogen-bond donors (Lipinski definition) is 1. The zero-order valence-electron chi connectivity index (χ0n) is 12.2. The van der Waals surface area contributed by atoms with Crippen LogP contribution in [0.2, 0.25) is 0 Å². The van der Waals surface area contributed by atoms with Crippen molar-refractivity contribution < 1.29 is 14.2 Å². The lowest BCUT2D eigenvalue weighted by atomic mass is 9.99. The zero-order chi connectivity index (χ0) is 15.4. The fourth-order valence-electron chi connectivity index (χ4n) is 2.56. The highest BCUT2D eigenvalue weighted by Crippen LogP contribution is 2.24. The average molecular weight is 303 g/mol. The number of ether oxygens (including phenoxy) is 1. The van der Waals surface area contributed by atoms with E-state index in [9.17, 15) is 9.50 Å². The van der Waals surface area contributed by atoms with Gasteiger partial charge in [0, 0.05) is 32.0 Å². The average Bonchev–Trinajstić information content (AvgIpc) is 2.57. The van der Waals surface area contributed by atoms with Gasteiger partial charge in [-0.1, -0.05) is 0 Å². The molecular formula is C16H18FN3O2. The second-order valence-corrected chi connectivity index (χ2v) is 5.39. The lowest BCUT2D eigenvalue weighted by Crippen LogP contribution is -2.37. The van der Waals surface area contributed by atoms with Gasteiger partial charge >= 0.3 is 0 Å². The molecule has 1 aliphatic heterocycles. The van der Waals surface area contributed by atoms with Crippen LogP contribution in [-0.4, -0.2) is 34.8 Å². The molecule has 0 bridgehead atoms. The molecule has 1 N–H and O–H groups in total. The van der Waals surface area contributed by atoms with Gasteiger partial charge in [-0.2, -0.15) is 4.98 Å². The number of aromatic nitrogens is 2. The number of aliphatic hydroxyl groups is 1. The van der Waals surface area contributed by atoms with Gasteiger partial charge in [0.25, 0.3) is 0 Å². The van der Waals surface area contributed by atoms with Crippen molar-refractivity contribution in [1.29, 1.82) is 0 Å². The van der Waals surface area contributed by atoms with E-state index in [2.05, 4.69) is 14.9 Å². The molecule has 2 aromatic rings. The largest absolute Gasteiger partial charge is 0.439 e. The van der Waals surface area contributed by atoms with Crippen LogP contribution in [0.15, 0.2) is 36.5 Å². The predicted octanol–water partition coefficient (Wildman–Crippen LogP) is 2.62.